The zero-order valence-electron chi connectivity index (χ0n) is 12.0. The first-order valence-corrected chi connectivity index (χ1v) is 6.78. The van der Waals surface area contributed by atoms with Crippen LogP contribution in [-0.2, 0) is 13.1 Å². The van der Waals surface area contributed by atoms with Gasteiger partial charge in [0.15, 0.2) is 0 Å². The van der Waals surface area contributed by atoms with Gasteiger partial charge in [-0.2, -0.15) is 0 Å². The Morgan fingerprint density at radius 3 is 2.75 bits per heavy atom. The van der Waals surface area contributed by atoms with Crippen LogP contribution in [0.2, 0.25) is 0 Å². The molecule has 0 amide bonds. The summed E-state index contributed by atoms with van der Waals surface area (Å²) in [6.07, 6.45) is 1.81. The summed E-state index contributed by atoms with van der Waals surface area (Å²) in [5, 5.41) is 0. The van der Waals surface area contributed by atoms with Crippen molar-refractivity contribution in [2.75, 3.05) is 19.4 Å². The van der Waals surface area contributed by atoms with E-state index in [0.29, 0.717) is 6.61 Å². The van der Waals surface area contributed by atoms with Crippen molar-refractivity contribution in [1.82, 2.24) is 9.88 Å². The number of ether oxygens (including phenoxy) is 1. The minimum Gasteiger partial charge on any atom is -0.494 e. The summed E-state index contributed by atoms with van der Waals surface area (Å²) in [4.78, 5) is 6.53. The molecule has 0 fully saturated rings. The second-order valence-corrected chi connectivity index (χ2v) is 4.79. The van der Waals surface area contributed by atoms with E-state index in [1.807, 2.05) is 49.5 Å². The Hall–Kier alpha value is -2.07. The highest BCUT2D eigenvalue weighted by Crippen LogP contribution is 2.23. The van der Waals surface area contributed by atoms with Crippen LogP contribution in [0.4, 0.5) is 5.69 Å². The fourth-order valence-corrected chi connectivity index (χ4v) is 2.13. The number of pyridine rings is 1. The fraction of sp³-hybridized carbons (Fsp3) is 0.312. The van der Waals surface area contributed by atoms with Gasteiger partial charge in [0, 0.05) is 30.5 Å². The van der Waals surface area contributed by atoms with E-state index >= 15 is 0 Å². The standard InChI is InChI=1S/C16H21N3O/c1-3-20-16-8-7-14(17)10-13(16)11-19(2)12-15-6-4-5-9-18-15/h4-10H,3,11-12,17H2,1-2H3. The van der Waals surface area contributed by atoms with Gasteiger partial charge in [0.1, 0.15) is 5.75 Å². The number of nitrogens with zero attached hydrogens (tertiary/aromatic N) is 2. The van der Waals surface area contributed by atoms with E-state index in [9.17, 15) is 0 Å². The number of nitrogen functional groups attached to an aromatic ring is 1. The Morgan fingerprint density at radius 2 is 2.05 bits per heavy atom. The summed E-state index contributed by atoms with van der Waals surface area (Å²) in [5.74, 6) is 0.898. The second-order valence-electron chi connectivity index (χ2n) is 4.79. The highest BCUT2D eigenvalue weighted by atomic mass is 16.5. The molecule has 0 aliphatic heterocycles. The third-order valence-electron chi connectivity index (χ3n) is 2.98. The molecule has 2 N–H and O–H groups in total. The van der Waals surface area contributed by atoms with Crippen LogP contribution < -0.4 is 10.5 Å². The number of aromatic nitrogens is 1. The largest absolute Gasteiger partial charge is 0.494 e. The van der Waals surface area contributed by atoms with Gasteiger partial charge in [0.2, 0.25) is 0 Å². The number of benzene rings is 1. The summed E-state index contributed by atoms with van der Waals surface area (Å²) in [5.41, 5.74) is 8.78. The SMILES string of the molecule is CCOc1ccc(N)cc1CN(C)Cc1ccccn1. The average Bonchev–Trinajstić information content (AvgIpc) is 2.43. The van der Waals surface area contributed by atoms with Crippen LogP contribution in [0, 0.1) is 0 Å². The first-order valence-electron chi connectivity index (χ1n) is 6.78. The number of nitrogens with two attached hydrogens (primary N) is 1. The monoisotopic (exact) mass is 271 g/mol. The molecule has 0 atom stereocenters. The molecule has 2 rings (SSSR count). The maximum Gasteiger partial charge on any atom is 0.123 e. The summed E-state index contributed by atoms with van der Waals surface area (Å²) < 4.78 is 5.65. The van der Waals surface area contributed by atoms with E-state index in [4.69, 9.17) is 10.5 Å². The maximum absolute atomic E-state index is 5.87. The van der Waals surface area contributed by atoms with Crippen LogP contribution in [0.15, 0.2) is 42.6 Å². The smallest absolute Gasteiger partial charge is 0.123 e. The van der Waals surface area contributed by atoms with Crippen molar-refractivity contribution < 1.29 is 4.74 Å². The Morgan fingerprint density at radius 1 is 1.20 bits per heavy atom. The Kier molecular flexibility index (Phi) is 4.96. The fourth-order valence-electron chi connectivity index (χ4n) is 2.13. The van der Waals surface area contributed by atoms with E-state index in [1.165, 1.54) is 0 Å². The number of hydrogen-bond donors (Lipinski definition) is 1. The molecule has 106 valence electrons. The number of anilines is 1. The minimum atomic E-state index is 0.654. The van der Waals surface area contributed by atoms with Gasteiger partial charge in [0.05, 0.1) is 12.3 Å². The molecule has 4 heteroatoms. The van der Waals surface area contributed by atoms with Crippen molar-refractivity contribution in [1.29, 1.82) is 0 Å². The zero-order chi connectivity index (χ0) is 14.4. The molecule has 4 nitrogen and oxygen atoms in total. The first kappa shape index (κ1) is 14.3. The lowest BCUT2D eigenvalue weighted by Gasteiger charge is -2.19. The minimum absolute atomic E-state index is 0.654. The molecule has 0 aliphatic carbocycles. The topological polar surface area (TPSA) is 51.4 Å². The predicted molar refractivity (Wildman–Crippen MR) is 81.4 cm³/mol. The van der Waals surface area contributed by atoms with Gasteiger partial charge >= 0.3 is 0 Å². The van der Waals surface area contributed by atoms with Crippen molar-refractivity contribution >= 4 is 5.69 Å². The van der Waals surface area contributed by atoms with Gasteiger partial charge in [-0.05, 0) is 44.3 Å². The quantitative estimate of drug-likeness (QED) is 0.821. The highest BCUT2D eigenvalue weighted by Gasteiger charge is 2.08. The number of hydrogen-bond acceptors (Lipinski definition) is 4. The molecule has 0 saturated carbocycles. The Bertz CT molecular complexity index is 543. The summed E-state index contributed by atoms with van der Waals surface area (Å²) in [6.45, 7) is 4.21. The lowest BCUT2D eigenvalue weighted by Crippen LogP contribution is -2.18. The third-order valence-corrected chi connectivity index (χ3v) is 2.98. The van der Waals surface area contributed by atoms with Crippen LogP contribution in [0.25, 0.3) is 0 Å². The van der Waals surface area contributed by atoms with Crippen LogP contribution in [0.5, 0.6) is 5.75 Å². The molecule has 0 aliphatic rings. The molecular weight excluding hydrogens is 250 g/mol. The van der Waals surface area contributed by atoms with Crippen molar-refractivity contribution in [3.05, 3.63) is 53.9 Å². The number of rotatable bonds is 6. The maximum atomic E-state index is 5.87. The molecular formula is C16H21N3O. The third kappa shape index (κ3) is 3.96. The normalized spacial score (nSPS) is 10.8. The van der Waals surface area contributed by atoms with E-state index in [-0.39, 0.29) is 0 Å². The van der Waals surface area contributed by atoms with Gasteiger partial charge in [-0.15, -0.1) is 0 Å². The van der Waals surface area contributed by atoms with E-state index in [0.717, 1.165) is 35.8 Å². The van der Waals surface area contributed by atoms with Crippen molar-refractivity contribution in [2.45, 2.75) is 20.0 Å². The molecule has 0 saturated heterocycles. The van der Waals surface area contributed by atoms with E-state index in [2.05, 4.69) is 16.9 Å². The molecule has 2 aromatic rings. The lowest BCUT2D eigenvalue weighted by molar-refractivity contribution is 0.295. The van der Waals surface area contributed by atoms with Crippen molar-refractivity contribution in [2.24, 2.45) is 0 Å². The van der Waals surface area contributed by atoms with Gasteiger partial charge in [-0.1, -0.05) is 6.07 Å². The second kappa shape index (κ2) is 6.91. The summed E-state index contributed by atoms with van der Waals surface area (Å²) >= 11 is 0. The van der Waals surface area contributed by atoms with Gasteiger partial charge < -0.3 is 10.5 Å². The molecule has 20 heavy (non-hydrogen) atoms. The van der Waals surface area contributed by atoms with E-state index in [1.54, 1.807) is 0 Å². The lowest BCUT2D eigenvalue weighted by atomic mass is 10.1. The molecule has 1 aromatic carbocycles. The van der Waals surface area contributed by atoms with Gasteiger partial charge in [0.25, 0.3) is 0 Å². The van der Waals surface area contributed by atoms with Crippen LogP contribution in [0.1, 0.15) is 18.2 Å². The predicted octanol–water partition coefficient (Wildman–Crippen LogP) is 2.69. The molecule has 0 bridgehead atoms. The molecule has 0 radical (unpaired) electrons. The summed E-state index contributed by atoms with van der Waals surface area (Å²) in [6, 6.07) is 11.7. The van der Waals surface area contributed by atoms with Crippen molar-refractivity contribution in [3.63, 3.8) is 0 Å². The Balaban J connectivity index is 2.06. The molecule has 0 spiro atoms. The van der Waals surface area contributed by atoms with Crippen LogP contribution >= 0.6 is 0 Å². The van der Waals surface area contributed by atoms with Crippen molar-refractivity contribution in [3.8, 4) is 5.75 Å². The van der Waals surface area contributed by atoms with Gasteiger partial charge in [-0.25, -0.2) is 0 Å². The zero-order valence-corrected chi connectivity index (χ0v) is 12.0. The van der Waals surface area contributed by atoms with Crippen LogP contribution in [-0.4, -0.2) is 23.5 Å². The highest BCUT2D eigenvalue weighted by molar-refractivity contribution is 5.47. The van der Waals surface area contributed by atoms with Gasteiger partial charge in [-0.3, -0.25) is 9.88 Å². The molecule has 1 heterocycles. The first-order chi connectivity index (χ1) is 9.69. The molecule has 0 unspecified atom stereocenters. The van der Waals surface area contributed by atoms with E-state index < -0.39 is 0 Å². The van der Waals surface area contributed by atoms with Crippen LogP contribution in [0.3, 0.4) is 0 Å². The molecule has 1 aromatic heterocycles. The Labute approximate surface area is 120 Å². The summed E-state index contributed by atoms with van der Waals surface area (Å²) in [7, 11) is 2.06. The average molecular weight is 271 g/mol.